The van der Waals surface area contributed by atoms with Crippen molar-refractivity contribution in [2.75, 3.05) is 5.32 Å². The molecule has 1 fully saturated rings. The molecule has 1 aliphatic rings. The lowest BCUT2D eigenvalue weighted by atomic mass is 9.92. The lowest BCUT2D eigenvalue weighted by Crippen LogP contribution is -2.22. The highest BCUT2D eigenvalue weighted by atomic mass is 35.5. The van der Waals surface area contributed by atoms with Crippen LogP contribution in [0, 0.1) is 5.82 Å². The van der Waals surface area contributed by atoms with Crippen LogP contribution in [0.15, 0.2) is 42.5 Å². The van der Waals surface area contributed by atoms with Crippen molar-refractivity contribution in [3.8, 4) is 0 Å². The maximum Gasteiger partial charge on any atom is 0.227 e. The van der Waals surface area contributed by atoms with Crippen molar-refractivity contribution in [2.24, 2.45) is 0 Å². The summed E-state index contributed by atoms with van der Waals surface area (Å²) in [5.41, 5.74) is 2.72. The fourth-order valence-electron chi connectivity index (χ4n) is 3.53. The number of carbonyl (C=O) groups excluding carboxylic acids is 1. The highest BCUT2D eigenvalue weighted by Gasteiger charge is 2.26. The van der Waals surface area contributed by atoms with Crippen LogP contribution in [0.1, 0.15) is 50.1 Å². The Morgan fingerprint density at radius 3 is 2.70 bits per heavy atom. The molecule has 1 heterocycles. The predicted octanol–water partition coefficient (Wildman–Crippen LogP) is 5.69. The Labute approximate surface area is 162 Å². The maximum absolute atomic E-state index is 13.1. The van der Waals surface area contributed by atoms with Crippen LogP contribution in [-0.4, -0.2) is 15.5 Å². The van der Waals surface area contributed by atoms with E-state index in [9.17, 15) is 9.18 Å². The first-order chi connectivity index (χ1) is 13.0. The van der Waals surface area contributed by atoms with Gasteiger partial charge in [0.05, 0.1) is 11.0 Å². The van der Waals surface area contributed by atoms with Gasteiger partial charge in [-0.1, -0.05) is 30.7 Å². The van der Waals surface area contributed by atoms with Crippen LogP contribution in [-0.2, 0) is 4.79 Å². The number of nitrogens with one attached hydrogen (secondary N) is 1. The zero-order valence-electron chi connectivity index (χ0n) is 15.1. The fourth-order valence-corrected chi connectivity index (χ4v) is 3.70. The average Bonchev–Trinajstić information content (AvgIpc) is 2.91. The Bertz CT molecular complexity index is 979. The molecule has 0 spiro atoms. The van der Waals surface area contributed by atoms with E-state index in [0.29, 0.717) is 23.4 Å². The van der Waals surface area contributed by atoms with Crippen molar-refractivity contribution in [2.45, 2.75) is 44.6 Å². The van der Waals surface area contributed by atoms with Crippen LogP contribution in [0.25, 0.3) is 11.0 Å². The van der Waals surface area contributed by atoms with Crippen LogP contribution in [0.4, 0.5) is 10.3 Å². The summed E-state index contributed by atoms with van der Waals surface area (Å²) in [6.07, 6.45) is 3.64. The monoisotopic (exact) mass is 385 g/mol. The van der Waals surface area contributed by atoms with Gasteiger partial charge in [0.25, 0.3) is 0 Å². The zero-order valence-corrected chi connectivity index (χ0v) is 15.8. The number of benzene rings is 2. The number of halogens is 2. The molecule has 2 aromatic carbocycles. The largest absolute Gasteiger partial charge is 0.307 e. The number of aromatic nitrogens is 2. The molecule has 1 aliphatic carbocycles. The standard InChI is InChI=1S/C21H21ClFN3O/c1-13(14-5-8-16(23)9-6-14)11-20(27)25-21-24-18-10-7-15(22)12-19(18)26(21)17-3-2-4-17/h5-10,12-13,17H,2-4,11H2,1H3,(H,24,25,27)/t13-/m1/s1. The summed E-state index contributed by atoms with van der Waals surface area (Å²) < 4.78 is 15.2. The Morgan fingerprint density at radius 1 is 1.30 bits per heavy atom. The number of hydrogen-bond acceptors (Lipinski definition) is 2. The molecule has 3 aromatic rings. The first kappa shape index (κ1) is 18.0. The van der Waals surface area contributed by atoms with Crippen molar-refractivity contribution >= 4 is 34.5 Å². The van der Waals surface area contributed by atoms with E-state index in [1.165, 1.54) is 18.6 Å². The van der Waals surface area contributed by atoms with E-state index in [4.69, 9.17) is 11.6 Å². The topological polar surface area (TPSA) is 46.9 Å². The molecule has 1 amide bonds. The van der Waals surface area contributed by atoms with E-state index in [-0.39, 0.29) is 17.6 Å². The molecule has 4 nitrogen and oxygen atoms in total. The van der Waals surface area contributed by atoms with Gasteiger partial charge in [0.15, 0.2) is 0 Å². The molecule has 1 N–H and O–H groups in total. The minimum atomic E-state index is -0.275. The number of hydrogen-bond donors (Lipinski definition) is 1. The van der Waals surface area contributed by atoms with Gasteiger partial charge in [-0.15, -0.1) is 0 Å². The molecular weight excluding hydrogens is 365 g/mol. The van der Waals surface area contributed by atoms with Crippen molar-refractivity contribution < 1.29 is 9.18 Å². The van der Waals surface area contributed by atoms with Crippen molar-refractivity contribution in [3.63, 3.8) is 0 Å². The minimum absolute atomic E-state index is 0.0124. The van der Waals surface area contributed by atoms with Crippen LogP contribution in [0.3, 0.4) is 0 Å². The molecule has 6 heteroatoms. The molecule has 1 aromatic heterocycles. The first-order valence-electron chi connectivity index (χ1n) is 9.24. The maximum atomic E-state index is 13.1. The van der Waals surface area contributed by atoms with Gasteiger partial charge in [0.2, 0.25) is 11.9 Å². The number of rotatable bonds is 5. The summed E-state index contributed by atoms with van der Waals surface area (Å²) in [5, 5.41) is 3.63. The number of fused-ring (bicyclic) bond motifs is 1. The molecular formula is C21H21ClFN3O. The van der Waals surface area contributed by atoms with Gasteiger partial charge >= 0.3 is 0 Å². The number of anilines is 1. The smallest absolute Gasteiger partial charge is 0.227 e. The highest BCUT2D eigenvalue weighted by molar-refractivity contribution is 6.31. The molecule has 1 atom stereocenters. The molecule has 0 unspecified atom stereocenters. The molecule has 4 rings (SSSR count). The van der Waals surface area contributed by atoms with Gasteiger partial charge in [-0.2, -0.15) is 0 Å². The Kier molecular flexibility index (Phi) is 4.87. The van der Waals surface area contributed by atoms with E-state index in [1.807, 2.05) is 25.1 Å². The van der Waals surface area contributed by atoms with Crippen LogP contribution < -0.4 is 5.32 Å². The zero-order chi connectivity index (χ0) is 19.0. The quantitative estimate of drug-likeness (QED) is 0.613. The third kappa shape index (κ3) is 3.69. The summed E-state index contributed by atoms with van der Waals surface area (Å²) in [5.74, 6) is 0.187. The van der Waals surface area contributed by atoms with Gasteiger partial charge in [-0.05, 0) is 61.1 Å². The van der Waals surface area contributed by atoms with Gasteiger partial charge in [0, 0.05) is 17.5 Å². The average molecular weight is 386 g/mol. The van der Waals surface area contributed by atoms with E-state index in [1.54, 1.807) is 12.1 Å². The lowest BCUT2D eigenvalue weighted by Gasteiger charge is -2.29. The van der Waals surface area contributed by atoms with Gasteiger partial charge in [-0.25, -0.2) is 9.37 Å². The molecule has 0 radical (unpaired) electrons. The fraction of sp³-hybridized carbons (Fsp3) is 0.333. The van der Waals surface area contributed by atoms with Gasteiger partial charge in [0.1, 0.15) is 5.82 Å². The Hall–Kier alpha value is -2.40. The first-order valence-corrected chi connectivity index (χ1v) is 9.62. The SMILES string of the molecule is C[C@H](CC(=O)Nc1nc2ccc(Cl)cc2n1C1CCC1)c1ccc(F)cc1. The summed E-state index contributed by atoms with van der Waals surface area (Å²) in [6.45, 7) is 1.96. The summed E-state index contributed by atoms with van der Waals surface area (Å²) >= 11 is 6.16. The van der Waals surface area contributed by atoms with Crippen molar-refractivity contribution in [1.82, 2.24) is 9.55 Å². The molecule has 0 saturated heterocycles. The van der Waals surface area contributed by atoms with Gasteiger partial charge in [-0.3, -0.25) is 10.1 Å². The van der Waals surface area contributed by atoms with E-state index in [2.05, 4.69) is 14.9 Å². The second-order valence-corrected chi connectivity index (χ2v) is 7.66. The van der Waals surface area contributed by atoms with E-state index >= 15 is 0 Å². The van der Waals surface area contributed by atoms with E-state index < -0.39 is 0 Å². The molecule has 140 valence electrons. The molecule has 27 heavy (non-hydrogen) atoms. The second kappa shape index (κ2) is 7.31. The number of amides is 1. The second-order valence-electron chi connectivity index (χ2n) is 7.23. The minimum Gasteiger partial charge on any atom is -0.307 e. The summed E-state index contributed by atoms with van der Waals surface area (Å²) in [7, 11) is 0. The van der Waals surface area contributed by atoms with Crippen molar-refractivity contribution in [3.05, 3.63) is 58.9 Å². The molecule has 0 bridgehead atoms. The Morgan fingerprint density at radius 2 is 2.04 bits per heavy atom. The van der Waals surface area contributed by atoms with Crippen molar-refractivity contribution in [1.29, 1.82) is 0 Å². The lowest BCUT2D eigenvalue weighted by molar-refractivity contribution is -0.116. The number of carbonyl (C=O) groups is 1. The normalized spacial score (nSPS) is 15.5. The third-order valence-corrected chi connectivity index (χ3v) is 5.51. The Balaban J connectivity index is 1.55. The van der Waals surface area contributed by atoms with Crippen LogP contribution in [0.5, 0.6) is 0 Å². The van der Waals surface area contributed by atoms with Gasteiger partial charge < -0.3 is 4.57 Å². The van der Waals surface area contributed by atoms with Crippen LogP contribution >= 0.6 is 11.6 Å². The summed E-state index contributed by atoms with van der Waals surface area (Å²) in [4.78, 5) is 17.2. The van der Waals surface area contributed by atoms with E-state index in [0.717, 1.165) is 29.4 Å². The predicted molar refractivity (Wildman–Crippen MR) is 106 cm³/mol. The third-order valence-electron chi connectivity index (χ3n) is 5.27. The highest BCUT2D eigenvalue weighted by Crippen LogP contribution is 2.38. The summed E-state index contributed by atoms with van der Waals surface area (Å²) in [6, 6.07) is 12.2. The number of imidazole rings is 1. The molecule has 0 aliphatic heterocycles. The van der Waals surface area contributed by atoms with Crippen LogP contribution in [0.2, 0.25) is 5.02 Å². The molecule has 1 saturated carbocycles. The number of nitrogens with zero attached hydrogens (tertiary/aromatic N) is 2.